The van der Waals surface area contributed by atoms with Gasteiger partial charge >= 0.3 is 0 Å². The van der Waals surface area contributed by atoms with Gasteiger partial charge in [0.15, 0.2) is 0 Å². The zero-order valence-electron chi connectivity index (χ0n) is 11.5. The van der Waals surface area contributed by atoms with Crippen LogP contribution in [-0.4, -0.2) is 4.98 Å². The van der Waals surface area contributed by atoms with Crippen molar-refractivity contribution < 1.29 is 0 Å². The third kappa shape index (κ3) is 3.23. The summed E-state index contributed by atoms with van der Waals surface area (Å²) in [7, 11) is 0. The molecule has 0 aliphatic rings. The van der Waals surface area contributed by atoms with Gasteiger partial charge in [0.25, 0.3) is 0 Å². The molecule has 100 valence electrons. The molecule has 1 aromatic heterocycles. The van der Waals surface area contributed by atoms with E-state index in [1.54, 1.807) is 6.20 Å². The maximum atomic E-state index is 6.28. The molecule has 0 radical (unpaired) electrons. The van der Waals surface area contributed by atoms with Crippen molar-refractivity contribution >= 4 is 15.9 Å². The Balaban J connectivity index is 2.31. The maximum Gasteiger partial charge on any atom is 0.0758 e. The average Bonchev–Trinajstić information content (AvgIpc) is 2.38. The average molecular weight is 319 g/mol. The Morgan fingerprint density at radius 3 is 2.26 bits per heavy atom. The fourth-order valence-corrected chi connectivity index (χ4v) is 2.48. The highest BCUT2D eigenvalue weighted by Gasteiger charge is 2.16. The van der Waals surface area contributed by atoms with E-state index >= 15 is 0 Å². The van der Waals surface area contributed by atoms with E-state index in [-0.39, 0.29) is 11.5 Å². The van der Waals surface area contributed by atoms with E-state index in [1.165, 1.54) is 5.56 Å². The summed E-state index contributed by atoms with van der Waals surface area (Å²) in [5, 5.41) is 0. The van der Waals surface area contributed by atoms with Gasteiger partial charge in [0.2, 0.25) is 0 Å². The van der Waals surface area contributed by atoms with Crippen LogP contribution < -0.4 is 5.73 Å². The van der Waals surface area contributed by atoms with Gasteiger partial charge in [-0.2, -0.15) is 0 Å². The summed E-state index contributed by atoms with van der Waals surface area (Å²) in [6.07, 6.45) is 1.77. The van der Waals surface area contributed by atoms with E-state index < -0.39 is 0 Å². The summed E-state index contributed by atoms with van der Waals surface area (Å²) in [6, 6.07) is 12.1. The van der Waals surface area contributed by atoms with Gasteiger partial charge in [-0.15, -0.1) is 0 Å². The van der Waals surface area contributed by atoms with E-state index in [1.807, 2.05) is 12.1 Å². The number of hydrogen-bond acceptors (Lipinski definition) is 2. The van der Waals surface area contributed by atoms with Crippen molar-refractivity contribution in [1.82, 2.24) is 4.98 Å². The van der Waals surface area contributed by atoms with Crippen LogP contribution in [0.3, 0.4) is 0 Å². The molecule has 0 aliphatic carbocycles. The highest BCUT2D eigenvalue weighted by Crippen LogP contribution is 2.27. The Hall–Kier alpha value is -1.19. The quantitative estimate of drug-likeness (QED) is 0.901. The molecule has 0 aliphatic heterocycles. The van der Waals surface area contributed by atoms with Crippen LogP contribution in [0.15, 0.2) is 47.1 Å². The highest BCUT2D eigenvalue weighted by molar-refractivity contribution is 9.10. The second kappa shape index (κ2) is 5.43. The monoisotopic (exact) mass is 318 g/mol. The molecule has 0 amide bonds. The van der Waals surface area contributed by atoms with E-state index in [9.17, 15) is 0 Å². The van der Waals surface area contributed by atoms with Crippen molar-refractivity contribution in [3.8, 4) is 0 Å². The zero-order valence-corrected chi connectivity index (χ0v) is 13.1. The number of halogens is 1. The Morgan fingerprint density at radius 1 is 1.11 bits per heavy atom. The number of nitrogens with zero attached hydrogens (tertiary/aromatic N) is 1. The van der Waals surface area contributed by atoms with Crippen molar-refractivity contribution in [2.75, 3.05) is 0 Å². The van der Waals surface area contributed by atoms with Crippen molar-refractivity contribution in [3.05, 3.63) is 63.9 Å². The van der Waals surface area contributed by atoms with Crippen LogP contribution in [0.1, 0.15) is 43.6 Å². The molecular formula is C16H19BrN2. The van der Waals surface area contributed by atoms with Gasteiger partial charge in [-0.25, -0.2) is 0 Å². The summed E-state index contributed by atoms with van der Waals surface area (Å²) in [5.41, 5.74) is 9.70. The second-order valence-electron chi connectivity index (χ2n) is 5.72. The minimum Gasteiger partial charge on any atom is -0.319 e. The molecule has 0 spiro atoms. The molecule has 1 aromatic carbocycles. The highest BCUT2D eigenvalue weighted by atomic mass is 79.9. The first kappa shape index (κ1) is 14.2. The summed E-state index contributed by atoms with van der Waals surface area (Å²) in [5.74, 6) is 0. The Bertz CT molecular complexity index is 556. The molecule has 1 heterocycles. The smallest absolute Gasteiger partial charge is 0.0758 e. The number of benzene rings is 1. The lowest BCUT2D eigenvalue weighted by Crippen LogP contribution is -2.15. The van der Waals surface area contributed by atoms with Gasteiger partial charge in [0.1, 0.15) is 0 Å². The molecule has 3 heteroatoms. The predicted octanol–water partition coefficient (Wildman–Crippen LogP) is 4.19. The van der Waals surface area contributed by atoms with Crippen molar-refractivity contribution in [3.63, 3.8) is 0 Å². The normalized spacial score (nSPS) is 13.3. The van der Waals surface area contributed by atoms with Crippen LogP contribution in [0.4, 0.5) is 0 Å². The topological polar surface area (TPSA) is 38.9 Å². The standard InChI is InChI=1S/C16H19BrN2/c1-16(2,3)12-8-6-11(7-9-12)14(18)15-13(17)5-4-10-19-15/h4-10,14H,18H2,1-3H3. The van der Waals surface area contributed by atoms with Crippen molar-refractivity contribution in [2.45, 2.75) is 32.2 Å². The fraction of sp³-hybridized carbons (Fsp3) is 0.312. The van der Waals surface area contributed by atoms with Gasteiger partial charge in [-0.1, -0.05) is 45.0 Å². The van der Waals surface area contributed by atoms with Gasteiger partial charge < -0.3 is 5.73 Å². The lowest BCUT2D eigenvalue weighted by atomic mass is 9.86. The second-order valence-corrected chi connectivity index (χ2v) is 6.57. The lowest BCUT2D eigenvalue weighted by molar-refractivity contribution is 0.589. The van der Waals surface area contributed by atoms with Crippen LogP contribution in [0.5, 0.6) is 0 Å². The molecule has 0 bridgehead atoms. The molecule has 0 saturated heterocycles. The summed E-state index contributed by atoms with van der Waals surface area (Å²) >= 11 is 3.50. The van der Waals surface area contributed by atoms with Crippen LogP contribution in [0.2, 0.25) is 0 Å². The summed E-state index contributed by atoms with van der Waals surface area (Å²) in [4.78, 5) is 4.35. The minimum absolute atomic E-state index is 0.161. The molecule has 1 atom stereocenters. The van der Waals surface area contributed by atoms with Gasteiger partial charge in [0, 0.05) is 10.7 Å². The van der Waals surface area contributed by atoms with Crippen molar-refractivity contribution in [2.24, 2.45) is 5.73 Å². The zero-order chi connectivity index (χ0) is 14.0. The van der Waals surface area contributed by atoms with E-state index in [2.05, 4.69) is 66.0 Å². The number of nitrogens with two attached hydrogens (primary N) is 1. The molecule has 1 unspecified atom stereocenters. The van der Waals surface area contributed by atoms with Crippen LogP contribution in [-0.2, 0) is 5.41 Å². The first-order valence-electron chi connectivity index (χ1n) is 6.36. The van der Waals surface area contributed by atoms with Gasteiger partial charge in [-0.05, 0) is 44.6 Å². The number of aromatic nitrogens is 1. The number of rotatable bonds is 2. The molecule has 0 saturated carbocycles. The number of hydrogen-bond donors (Lipinski definition) is 1. The lowest BCUT2D eigenvalue weighted by Gasteiger charge is -2.20. The van der Waals surface area contributed by atoms with Gasteiger partial charge in [-0.3, -0.25) is 4.98 Å². The molecule has 2 nitrogen and oxygen atoms in total. The SMILES string of the molecule is CC(C)(C)c1ccc(C(N)c2ncccc2Br)cc1. The first-order valence-corrected chi connectivity index (χ1v) is 7.15. The molecule has 0 fully saturated rings. The Morgan fingerprint density at radius 2 is 1.74 bits per heavy atom. The Kier molecular flexibility index (Phi) is 4.07. The third-order valence-corrected chi connectivity index (χ3v) is 3.89. The molecule has 2 rings (SSSR count). The van der Waals surface area contributed by atoms with E-state index in [0.717, 1.165) is 15.7 Å². The summed E-state index contributed by atoms with van der Waals surface area (Å²) in [6.45, 7) is 6.62. The molecule has 19 heavy (non-hydrogen) atoms. The Labute approximate surface area is 123 Å². The number of pyridine rings is 1. The largest absolute Gasteiger partial charge is 0.319 e. The van der Waals surface area contributed by atoms with Crippen molar-refractivity contribution in [1.29, 1.82) is 0 Å². The molecular weight excluding hydrogens is 300 g/mol. The maximum absolute atomic E-state index is 6.28. The molecule has 2 aromatic rings. The molecule has 2 N–H and O–H groups in total. The van der Waals surface area contributed by atoms with E-state index in [0.29, 0.717) is 0 Å². The minimum atomic E-state index is -0.204. The summed E-state index contributed by atoms with van der Waals surface area (Å²) < 4.78 is 0.947. The van der Waals surface area contributed by atoms with Crippen LogP contribution >= 0.6 is 15.9 Å². The third-order valence-electron chi connectivity index (χ3n) is 3.22. The fourth-order valence-electron chi connectivity index (χ4n) is 1.98. The first-order chi connectivity index (χ1) is 8.89. The van der Waals surface area contributed by atoms with E-state index in [4.69, 9.17) is 5.73 Å². The predicted molar refractivity (Wildman–Crippen MR) is 83.1 cm³/mol. The van der Waals surface area contributed by atoms with Crippen LogP contribution in [0.25, 0.3) is 0 Å². The van der Waals surface area contributed by atoms with Gasteiger partial charge in [0.05, 0.1) is 11.7 Å². The van der Waals surface area contributed by atoms with Crippen LogP contribution in [0, 0.1) is 0 Å².